The monoisotopic (exact) mass is 616 g/mol. The number of benzene rings is 3. The van der Waals surface area contributed by atoms with Gasteiger partial charge < -0.3 is 14.0 Å². The molecule has 3 aromatic carbocycles. The highest BCUT2D eigenvalue weighted by Gasteiger charge is 2.51. The van der Waals surface area contributed by atoms with Crippen LogP contribution in [0.1, 0.15) is 87.3 Å². The smallest absolute Gasteiger partial charge is 0.405 e. The molecule has 238 valence electrons. The van der Waals surface area contributed by atoms with Crippen molar-refractivity contribution in [3.63, 3.8) is 0 Å². The van der Waals surface area contributed by atoms with Gasteiger partial charge in [-0.15, -0.1) is 0 Å². The first-order valence-electron chi connectivity index (χ1n) is 17.3. The van der Waals surface area contributed by atoms with Crippen LogP contribution < -0.4 is 0 Å². The Kier molecular flexibility index (Phi) is 11.1. The molecular formula is C38H45BN4O3. The van der Waals surface area contributed by atoms with Crippen LogP contribution in [0.4, 0.5) is 0 Å². The molecule has 3 aromatic rings. The molecule has 3 aliphatic rings. The molecule has 1 heterocycles. The highest BCUT2D eigenvalue weighted by atomic mass is 16.7. The lowest BCUT2D eigenvalue weighted by molar-refractivity contribution is 0.00312. The van der Waals surface area contributed by atoms with Gasteiger partial charge in [-0.2, -0.15) is 5.26 Å². The second-order valence-corrected chi connectivity index (χ2v) is 13.3. The summed E-state index contributed by atoms with van der Waals surface area (Å²) in [6.07, 6.45) is 12.3. The fourth-order valence-electron chi connectivity index (χ4n) is 8.19. The van der Waals surface area contributed by atoms with Gasteiger partial charge in [0.1, 0.15) is 5.60 Å². The third-order valence-corrected chi connectivity index (χ3v) is 10.5. The largest absolute Gasteiger partial charge is 0.462 e. The van der Waals surface area contributed by atoms with E-state index in [0.717, 1.165) is 42.4 Å². The third-order valence-electron chi connectivity index (χ3n) is 10.5. The van der Waals surface area contributed by atoms with Crippen LogP contribution in [0.2, 0.25) is 5.82 Å². The average molecular weight is 617 g/mol. The second-order valence-electron chi connectivity index (χ2n) is 13.3. The molecule has 0 bridgehead atoms. The lowest BCUT2D eigenvalue weighted by atomic mass is 9.66. The Morgan fingerprint density at radius 3 is 1.59 bits per heavy atom. The van der Waals surface area contributed by atoms with Crippen molar-refractivity contribution in [2.75, 3.05) is 6.61 Å². The van der Waals surface area contributed by atoms with E-state index in [1.807, 2.05) is 54.6 Å². The number of hydrogen-bond acceptors (Lipinski definition) is 5. The molecule has 1 aliphatic heterocycles. The minimum atomic E-state index is -0.975. The standard InChI is InChI=1S/C38H45BN4O3/c40-27-26-34(39-45-36(29-16-6-1-7-17-29)37(46-39)30-18-8-2-9-19-30)35(42-43-41)28-44-38(31-20-10-3-11-21-31,32-22-12-4-13-23-32)33-24-14-5-15-25-33/h3-5,10-15,20-25,29-30,34-37H,1-2,6-9,16-19,26,28H2/t34-,35-,36+,37+/m1/s1. The van der Waals surface area contributed by atoms with Gasteiger partial charge >= 0.3 is 7.12 Å². The van der Waals surface area contributed by atoms with Crippen molar-refractivity contribution in [2.24, 2.45) is 17.0 Å². The third kappa shape index (κ3) is 7.04. The average Bonchev–Trinajstić information content (AvgIpc) is 3.58. The zero-order valence-electron chi connectivity index (χ0n) is 26.7. The van der Waals surface area contributed by atoms with Crippen molar-refractivity contribution in [2.45, 2.75) is 100 Å². The topological polar surface area (TPSA) is 100 Å². The highest BCUT2D eigenvalue weighted by molar-refractivity contribution is 6.47. The fourth-order valence-corrected chi connectivity index (χ4v) is 8.19. The van der Waals surface area contributed by atoms with Gasteiger partial charge in [0, 0.05) is 17.1 Å². The summed E-state index contributed by atoms with van der Waals surface area (Å²) in [5, 5.41) is 14.4. The Morgan fingerprint density at radius 1 is 0.761 bits per heavy atom. The molecule has 0 aromatic heterocycles. The van der Waals surface area contributed by atoms with Gasteiger partial charge in [-0.1, -0.05) is 135 Å². The molecule has 4 atom stereocenters. The Bertz CT molecular complexity index is 1330. The van der Waals surface area contributed by atoms with Crippen molar-refractivity contribution in [3.05, 3.63) is 118 Å². The summed E-state index contributed by atoms with van der Waals surface area (Å²) in [5.41, 5.74) is 11.7. The van der Waals surface area contributed by atoms with Crippen molar-refractivity contribution in [1.82, 2.24) is 0 Å². The van der Waals surface area contributed by atoms with Crippen molar-refractivity contribution in [3.8, 4) is 6.07 Å². The maximum Gasteiger partial charge on any atom is 0.462 e. The summed E-state index contributed by atoms with van der Waals surface area (Å²) in [6.45, 7) is 0.0838. The number of nitriles is 1. The predicted molar refractivity (Wildman–Crippen MR) is 181 cm³/mol. The van der Waals surface area contributed by atoms with Gasteiger partial charge in [-0.3, -0.25) is 0 Å². The van der Waals surface area contributed by atoms with E-state index in [-0.39, 0.29) is 25.2 Å². The summed E-state index contributed by atoms with van der Waals surface area (Å²) in [5.74, 6) is 0.453. The number of hydrogen-bond donors (Lipinski definition) is 0. The first-order valence-corrected chi connectivity index (χ1v) is 17.3. The van der Waals surface area contributed by atoms with Crippen LogP contribution in [0.25, 0.3) is 10.4 Å². The van der Waals surface area contributed by atoms with E-state index in [1.54, 1.807) is 0 Å². The molecule has 1 saturated heterocycles. The first kappa shape index (κ1) is 32.3. The maximum absolute atomic E-state index is 10.1. The summed E-state index contributed by atoms with van der Waals surface area (Å²) in [4.78, 5) is 3.27. The van der Waals surface area contributed by atoms with Crippen molar-refractivity contribution >= 4 is 7.12 Å². The Balaban J connectivity index is 1.33. The molecule has 0 radical (unpaired) electrons. The minimum Gasteiger partial charge on any atom is -0.405 e. The van der Waals surface area contributed by atoms with Gasteiger partial charge in [0.05, 0.1) is 30.9 Å². The summed E-state index contributed by atoms with van der Waals surface area (Å²) in [6, 6.07) is 32.2. The summed E-state index contributed by atoms with van der Waals surface area (Å²) < 4.78 is 20.9. The van der Waals surface area contributed by atoms with E-state index < -0.39 is 24.6 Å². The SMILES string of the molecule is N#CC[C@@H](B1O[C@@H](C2CCCCC2)[C@H](C2CCCCC2)O1)[C@@H](COC(c1ccccc1)(c1ccccc1)c1ccccc1)N=[N+]=[N-]. The normalized spacial score (nSPS) is 22.5. The van der Waals surface area contributed by atoms with E-state index in [1.165, 1.54) is 38.5 Å². The molecule has 7 nitrogen and oxygen atoms in total. The van der Waals surface area contributed by atoms with Crippen molar-refractivity contribution in [1.29, 1.82) is 5.26 Å². The molecule has 6 rings (SSSR count). The summed E-state index contributed by atoms with van der Waals surface area (Å²) >= 11 is 0. The molecule has 0 spiro atoms. The van der Waals surface area contributed by atoms with E-state index in [4.69, 9.17) is 14.0 Å². The van der Waals surface area contributed by atoms with E-state index in [2.05, 4.69) is 52.5 Å². The molecule has 0 N–H and O–H groups in total. The zero-order valence-corrected chi connectivity index (χ0v) is 26.7. The molecule has 46 heavy (non-hydrogen) atoms. The van der Waals surface area contributed by atoms with Crippen LogP contribution >= 0.6 is 0 Å². The molecule has 3 fully saturated rings. The molecule has 0 amide bonds. The number of rotatable bonds is 12. The molecule has 0 unspecified atom stereocenters. The molecular weight excluding hydrogens is 571 g/mol. The van der Waals surface area contributed by atoms with Crippen LogP contribution in [0.5, 0.6) is 0 Å². The van der Waals surface area contributed by atoms with Crippen LogP contribution in [0.3, 0.4) is 0 Å². The van der Waals surface area contributed by atoms with Crippen LogP contribution in [0.15, 0.2) is 96.1 Å². The number of azide groups is 1. The van der Waals surface area contributed by atoms with Gasteiger partial charge in [0.25, 0.3) is 0 Å². The lowest BCUT2D eigenvalue weighted by Crippen LogP contribution is -2.39. The quantitative estimate of drug-likeness (QED) is 0.0665. The minimum absolute atomic E-state index is 0.0132. The van der Waals surface area contributed by atoms with Crippen LogP contribution in [-0.4, -0.2) is 32.0 Å². The van der Waals surface area contributed by atoms with Crippen molar-refractivity contribution < 1.29 is 14.0 Å². The van der Waals surface area contributed by atoms with Crippen LogP contribution in [-0.2, 0) is 19.6 Å². The second kappa shape index (κ2) is 15.8. The maximum atomic E-state index is 10.1. The molecule has 8 heteroatoms. The van der Waals surface area contributed by atoms with Crippen LogP contribution in [0, 0.1) is 23.2 Å². The Hall–Kier alpha value is -3.60. The van der Waals surface area contributed by atoms with Gasteiger partial charge in [-0.05, 0) is 59.7 Å². The molecule has 2 saturated carbocycles. The van der Waals surface area contributed by atoms with E-state index in [9.17, 15) is 10.8 Å². The fraction of sp³-hybridized carbons (Fsp3) is 0.500. The summed E-state index contributed by atoms with van der Waals surface area (Å²) in [7, 11) is -0.628. The predicted octanol–water partition coefficient (Wildman–Crippen LogP) is 9.39. The van der Waals surface area contributed by atoms with E-state index in [0.29, 0.717) is 11.8 Å². The lowest BCUT2D eigenvalue weighted by Gasteiger charge is -2.37. The number of nitrogens with zero attached hydrogens (tertiary/aromatic N) is 4. The Morgan fingerprint density at radius 2 is 1.20 bits per heavy atom. The zero-order chi connectivity index (χ0) is 31.6. The Labute approximate surface area is 274 Å². The van der Waals surface area contributed by atoms with Gasteiger partial charge in [0.2, 0.25) is 0 Å². The first-order chi connectivity index (χ1) is 22.7. The number of ether oxygens (including phenoxy) is 1. The van der Waals surface area contributed by atoms with E-state index >= 15 is 0 Å². The van der Waals surface area contributed by atoms with Gasteiger partial charge in [0.15, 0.2) is 0 Å². The van der Waals surface area contributed by atoms with Gasteiger partial charge in [-0.25, -0.2) is 0 Å². The molecule has 2 aliphatic carbocycles. The highest BCUT2D eigenvalue weighted by Crippen LogP contribution is 2.45.